The Morgan fingerprint density at radius 2 is 0.966 bits per heavy atom. The Labute approximate surface area is 389 Å². The van der Waals surface area contributed by atoms with E-state index >= 15 is 0 Å². The first-order valence-corrected chi connectivity index (χ1v) is 20.1. The van der Waals surface area contributed by atoms with Crippen LogP contribution in [0, 0.1) is 31.1 Å². The molecule has 2 aliphatic rings. The predicted octanol–water partition coefficient (Wildman–Crippen LogP) is -0.372. The number of methoxy groups -OCH3 is 2. The minimum atomic E-state index is -1.37. The number of aliphatic hydroxyl groups is 4. The Hall–Kier alpha value is -1.42. The Kier molecular flexibility index (Phi) is 37.9. The van der Waals surface area contributed by atoms with Crippen LogP contribution in [0.25, 0.3) is 0 Å². The summed E-state index contributed by atoms with van der Waals surface area (Å²) in [5.74, 6) is -3.74. The summed E-state index contributed by atoms with van der Waals surface area (Å²) in [6, 6.07) is 0. The van der Waals surface area contributed by atoms with Gasteiger partial charge in [-0.25, -0.2) is 4.79 Å². The van der Waals surface area contributed by atoms with Crippen LogP contribution in [-0.2, 0) is 94.7 Å². The molecule has 1 radical (unpaired) electrons. The molecule has 4 N–H and O–H groups in total. The molecule has 2 fully saturated rings. The quantitative estimate of drug-likeness (QED) is 0.0322. The molecule has 0 amide bonds. The van der Waals surface area contributed by atoms with E-state index in [-0.39, 0.29) is 108 Å². The number of hydrogen-bond donors (Lipinski definition) is 5. The summed E-state index contributed by atoms with van der Waals surface area (Å²) in [6.07, 6.45) is -6.92. The fourth-order valence-corrected chi connectivity index (χ4v) is 5.27. The number of rotatable bonds is 21. The molecule has 59 heavy (non-hydrogen) atoms. The Balaban J connectivity index is -0.000000988. The molecule has 0 aliphatic carbocycles. The van der Waals surface area contributed by atoms with Crippen LogP contribution in [0.15, 0.2) is 12.7 Å². The fraction of sp³-hybridized carbons (Fsp3) is 0.771. The number of carbonyl (C=O) groups excluding carboxylic acids is 6. The minimum absolute atomic E-state index is 0. The van der Waals surface area contributed by atoms with Crippen LogP contribution in [0.5, 0.6) is 0 Å². The molecule has 2 rings (SSSR count). The Bertz CT molecular complexity index is 1210. The standard InChI is InChI=1S/C17H28O10S.C17H26O10.CH4S.U.V/c1-4-10-14(21)16(15(22)17(23-2)26-10)27-12(19)6-5-11(18)24-7-8-25-13(20)9-28-3;1-4-10-14(21)16(15(22)17(23-3)26-10)27-13(20)7-6-12(19)25-9-8-24-11(18)5-2;1-2;;/h10,14-17,21-22H,4-9H2,1-3H3;5,10,14-17,21-22H,2,4,6-9H2,1,3H3;2H,1H3;;/t2*10?,14-,15?,16+,17+;;;/m11.../s1. The van der Waals surface area contributed by atoms with E-state index in [0.29, 0.717) is 12.8 Å². The van der Waals surface area contributed by atoms with Gasteiger partial charge in [0.25, 0.3) is 0 Å². The van der Waals surface area contributed by atoms with Crippen molar-refractivity contribution in [3.05, 3.63) is 12.7 Å². The summed E-state index contributed by atoms with van der Waals surface area (Å²) in [5.41, 5.74) is 0. The van der Waals surface area contributed by atoms with Crippen molar-refractivity contribution in [1.82, 2.24) is 0 Å². The SMILES string of the molecule is C=CC(=O)OCCOC(=O)CCC(=O)O[C@@H]1C(O)[C@@H](OC)OC(CC)[C@H]1O.CCC1O[C@H](OC)C(O)[C@@H](OC(=O)CCC(=O)OCCOC(=O)CSC)[C@@H]1O.CS.[U].[V]. The van der Waals surface area contributed by atoms with Gasteiger partial charge in [0.05, 0.1) is 43.6 Å². The first-order chi connectivity index (χ1) is 27.2. The Morgan fingerprint density at radius 3 is 1.29 bits per heavy atom. The molecular weight excluding hydrogens is 1090 g/mol. The second-order valence-corrected chi connectivity index (χ2v) is 12.6. The molecule has 10 atom stereocenters. The molecule has 24 heteroatoms. The summed E-state index contributed by atoms with van der Waals surface area (Å²) >= 11 is 4.85. The molecule has 0 aromatic carbocycles. The van der Waals surface area contributed by atoms with Crippen LogP contribution < -0.4 is 0 Å². The van der Waals surface area contributed by atoms with Gasteiger partial charge in [-0.05, 0) is 25.4 Å². The molecule has 0 bridgehead atoms. The van der Waals surface area contributed by atoms with Gasteiger partial charge >= 0.3 is 35.8 Å². The predicted molar refractivity (Wildman–Crippen MR) is 202 cm³/mol. The van der Waals surface area contributed by atoms with Crippen molar-refractivity contribution in [1.29, 1.82) is 0 Å². The van der Waals surface area contributed by atoms with Crippen molar-refractivity contribution in [3.63, 3.8) is 0 Å². The number of ether oxygens (including phenoxy) is 10. The van der Waals surface area contributed by atoms with Gasteiger partial charge < -0.3 is 67.8 Å². The van der Waals surface area contributed by atoms with E-state index in [9.17, 15) is 49.2 Å². The van der Waals surface area contributed by atoms with Gasteiger partial charge in [0, 0.05) is 70.0 Å². The van der Waals surface area contributed by atoms with Gasteiger partial charge in [-0.1, -0.05) is 20.4 Å². The summed E-state index contributed by atoms with van der Waals surface area (Å²) < 4.78 is 50.1. The zero-order valence-corrected chi connectivity index (χ0v) is 41.2. The van der Waals surface area contributed by atoms with Crippen molar-refractivity contribution in [2.45, 2.75) is 114 Å². The topological polar surface area (TPSA) is 276 Å². The molecule has 2 aliphatic heterocycles. The van der Waals surface area contributed by atoms with Crippen LogP contribution in [0.1, 0.15) is 52.4 Å². The number of hydrogen-bond acceptors (Lipinski definition) is 22. The molecule has 0 aromatic heterocycles. The fourth-order valence-electron chi connectivity index (χ4n) is 4.95. The molecule has 0 aromatic rings. The zero-order valence-electron chi connectivity index (χ0n) is 34.0. The first-order valence-electron chi connectivity index (χ1n) is 17.8. The maximum Gasteiger partial charge on any atom is 0.330 e. The van der Waals surface area contributed by atoms with E-state index in [2.05, 4.69) is 23.9 Å². The molecular formula is C35H58O20S2UV. The van der Waals surface area contributed by atoms with Gasteiger partial charge in [-0.15, -0.1) is 0 Å². The smallest absolute Gasteiger partial charge is 0.330 e. The van der Waals surface area contributed by atoms with Crippen molar-refractivity contribution >= 4 is 60.2 Å². The molecule has 2 heterocycles. The maximum atomic E-state index is 12.0. The van der Waals surface area contributed by atoms with Crippen molar-refractivity contribution in [2.75, 3.05) is 58.9 Å². The van der Waals surface area contributed by atoms with Crippen molar-refractivity contribution in [3.8, 4) is 0 Å². The average molecular weight is 1150 g/mol. The van der Waals surface area contributed by atoms with E-state index < -0.39 is 97.2 Å². The van der Waals surface area contributed by atoms with E-state index in [0.717, 1.165) is 6.08 Å². The van der Waals surface area contributed by atoms with Crippen molar-refractivity contribution in [2.24, 2.45) is 0 Å². The van der Waals surface area contributed by atoms with Crippen LogP contribution in [0.2, 0.25) is 0 Å². The molecule has 20 nitrogen and oxygen atoms in total. The van der Waals surface area contributed by atoms with Gasteiger partial charge in [0.15, 0.2) is 24.8 Å². The zero-order chi connectivity index (χ0) is 43.5. The van der Waals surface area contributed by atoms with E-state index in [1.54, 1.807) is 26.4 Å². The second kappa shape index (κ2) is 36.1. The number of thiol groups is 1. The van der Waals surface area contributed by atoms with Crippen molar-refractivity contribution < 1.29 is 146 Å². The van der Waals surface area contributed by atoms with E-state index in [1.165, 1.54) is 26.0 Å². The molecule has 4 unspecified atom stereocenters. The summed E-state index contributed by atoms with van der Waals surface area (Å²) in [5, 5.41) is 40.7. The Morgan fingerprint density at radius 1 is 0.627 bits per heavy atom. The van der Waals surface area contributed by atoms with Gasteiger partial charge in [0.1, 0.15) is 50.8 Å². The summed E-state index contributed by atoms with van der Waals surface area (Å²) in [6.45, 7) is 6.29. The average Bonchev–Trinajstić information content (AvgIpc) is 3.21. The summed E-state index contributed by atoms with van der Waals surface area (Å²) in [7, 11) is 2.64. The number of aliphatic hydroxyl groups excluding tert-OH is 4. The summed E-state index contributed by atoms with van der Waals surface area (Å²) in [4.78, 5) is 69.0. The molecule has 0 spiro atoms. The molecule has 0 saturated carbocycles. The third kappa shape index (κ3) is 24.1. The molecule has 2 saturated heterocycles. The van der Waals surface area contributed by atoms with Gasteiger partial charge in [-0.2, -0.15) is 24.4 Å². The third-order valence-electron chi connectivity index (χ3n) is 7.78. The minimum Gasteiger partial charge on any atom is -0.462 e. The van der Waals surface area contributed by atoms with Crippen LogP contribution in [0.4, 0.5) is 0 Å². The van der Waals surface area contributed by atoms with E-state index in [1.807, 2.05) is 0 Å². The normalized spacial score (nSPS) is 25.5. The molecule has 339 valence electrons. The van der Waals surface area contributed by atoms with Crippen LogP contribution in [0.3, 0.4) is 0 Å². The van der Waals surface area contributed by atoms with Crippen LogP contribution in [-0.4, -0.2) is 177 Å². The third-order valence-corrected chi connectivity index (χ3v) is 8.31. The van der Waals surface area contributed by atoms with Gasteiger partial charge in [-0.3, -0.25) is 24.0 Å². The van der Waals surface area contributed by atoms with Gasteiger partial charge in [0.2, 0.25) is 0 Å². The monoisotopic (exact) mass is 1150 g/mol. The van der Waals surface area contributed by atoms with E-state index in [4.69, 9.17) is 42.6 Å². The number of thioether (sulfide) groups is 1. The second-order valence-electron chi connectivity index (χ2n) is 11.7. The first kappa shape index (κ1) is 61.9. The number of esters is 6. The largest absolute Gasteiger partial charge is 0.462 e. The number of carbonyl (C=O) groups is 6. The van der Waals surface area contributed by atoms with Crippen LogP contribution >= 0.6 is 24.4 Å². The maximum absolute atomic E-state index is 12.0.